The Kier molecular flexibility index (Phi) is 5.56. The van der Waals surface area contributed by atoms with Gasteiger partial charge in [-0.2, -0.15) is 0 Å². The number of benzene rings is 1. The largest absolute Gasteiger partial charge is 0.349 e. The first-order valence-corrected chi connectivity index (χ1v) is 9.00. The lowest BCUT2D eigenvalue weighted by molar-refractivity contribution is -0.121. The third kappa shape index (κ3) is 4.04. The fourth-order valence-corrected chi connectivity index (χ4v) is 3.28. The molecule has 0 spiro atoms. The number of amides is 1. The standard InChI is InChI=1S/C21H26N4O/c1-16-11-12-17(2)25(16)14-7-10-19(26)23-20(18-8-5-4-6-9-18)21-22-13-15-24(21)3/h4-6,8-9,11-13,15,20H,7,10,14H2,1-3H3,(H,23,26). The summed E-state index contributed by atoms with van der Waals surface area (Å²) in [5.74, 6) is 0.881. The van der Waals surface area contributed by atoms with Gasteiger partial charge in [-0.1, -0.05) is 30.3 Å². The van der Waals surface area contributed by atoms with Crippen molar-refractivity contribution in [2.45, 2.75) is 39.3 Å². The number of aryl methyl sites for hydroxylation is 3. The minimum atomic E-state index is -0.237. The van der Waals surface area contributed by atoms with Crippen molar-refractivity contribution < 1.29 is 4.79 Å². The van der Waals surface area contributed by atoms with Crippen LogP contribution in [0.2, 0.25) is 0 Å². The van der Waals surface area contributed by atoms with Gasteiger partial charge >= 0.3 is 0 Å². The molecule has 0 aliphatic rings. The van der Waals surface area contributed by atoms with Gasteiger partial charge in [0, 0.05) is 43.8 Å². The molecule has 1 amide bonds. The van der Waals surface area contributed by atoms with Gasteiger partial charge in [0.05, 0.1) is 0 Å². The molecule has 0 fully saturated rings. The Hall–Kier alpha value is -2.82. The van der Waals surface area contributed by atoms with Crippen LogP contribution in [0.3, 0.4) is 0 Å². The Balaban J connectivity index is 1.65. The highest BCUT2D eigenvalue weighted by atomic mass is 16.1. The van der Waals surface area contributed by atoms with E-state index in [2.05, 4.69) is 40.8 Å². The van der Waals surface area contributed by atoms with Gasteiger partial charge in [-0.15, -0.1) is 0 Å². The van der Waals surface area contributed by atoms with Gasteiger partial charge in [-0.25, -0.2) is 4.98 Å². The van der Waals surface area contributed by atoms with Crippen molar-refractivity contribution in [2.24, 2.45) is 7.05 Å². The first-order valence-electron chi connectivity index (χ1n) is 9.00. The third-order valence-corrected chi connectivity index (χ3v) is 4.76. The molecule has 0 saturated heterocycles. The van der Waals surface area contributed by atoms with Crippen molar-refractivity contribution >= 4 is 5.91 Å². The maximum Gasteiger partial charge on any atom is 0.220 e. The van der Waals surface area contributed by atoms with E-state index >= 15 is 0 Å². The summed E-state index contributed by atoms with van der Waals surface area (Å²) in [6, 6.07) is 14.0. The highest BCUT2D eigenvalue weighted by molar-refractivity contribution is 5.76. The first-order chi connectivity index (χ1) is 12.6. The van der Waals surface area contributed by atoms with Crippen LogP contribution in [0.15, 0.2) is 54.9 Å². The van der Waals surface area contributed by atoms with Crippen molar-refractivity contribution in [3.8, 4) is 0 Å². The lowest BCUT2D eigenvalue weighted by atomic mass is 10.1. The molecule has 1 atom stereocenters. The number of imidazole rings is 1. The molecule has 0 radical (unpaired) electrons. The zero-order chi connectivity index (χ0) is 18.5. The van der Waals surface area contributed by atoms with Crippen molar-refractivity contribution in [3.63, 3.8) is 0 Å². The Morgan fingerprint density at radius 2 is 1.81 bits per heavy atom. The highest BCUT2D eigenvalue weighted by Crippen LogP contribution is 2.20. The average Bonchev–Trinajstić information content (AvgIpc) is 3.20. The summed E-state index contributed by atoms with van der Waals surface area (Å²) in [6.45, 7) is 5.05. The molecule has 5 heteroatoms. The Morgan fingerprint density at radius 3 is 2.42 bits per heavy atom. The Morgan fingerprint density at radius 1 is 1.12 bits per heavy atom. The van der Waals surface area contributed by atoms with Gasteiger partial charge in [0.15, 0.2) is 0 Å². The SMILES string of the molecule is Cc1ccc(C)n1CCCC(=O)NC(c1ccccc1)c1nccn1C. The second kappa shape index (κ2) is 8.04. The van der Waals surface area contributed by atoms with E-state index < -0.39 is 0 Å². The van der Waals surface area contributed by atoms with Crippen molar-refractivity contribution in [1.82, 2.24) is 19.4 Å². The zero-order valence-electron chi connectivity index (χ0n) is 15.6. The van der Waals surface area contributed by atoms with E-state index in [0.717, 1.165) is 24.4 Å². The fourth-order valence-electron chi connectivity index (χ4n) is 3.28. The van der Waals surface area contributed by atoms with Gasteiger partial charge in [-0.3, -0.25) is 4.79 Å². The van der Waals surface area contributed by atoms with E-state index in [1.165, 1.54) is 11.4 Å². The second-order valence-corrected chi connectivity index (χ2v) is 6.68. The van der Waals surface area contributed by atoms with Crippen LogP contribution in [0.1, 0.15) is 41.7 Å². The van der Waals surface area contributed by atoms with E-state index in [0.29, 0.717) is 6.42 Å². The smallest absolute Gasteiger partial charge is 0.220 e. The molecule has 0 saturated carbocycles. The summed E-state index contributed by atoms with van der Waals surface area (Å²) in [7, 11) is 1.95. The van der Waals surface area contributed by atoms with E-state index in [4.69, 9.17) is 0 Å². The molecule has 1 aromatic carbocycles. The first kappa shape index (κ1) is 18.0. The zero-order valence-corrected chi connectivity index (χ0v) is 15.6. The summed E-state index contributed by atoms with van der Waals surface area (Å²) in [5.41, 5.74) is 3.50. The molecule has 136 valence electrons. The van der Waals surface area contributed by atoms with Gasteiger partial charge < -0.3 is 14.5 Å². The minimum Gasteiger partial charge on any atom is -0.349 e. The van der Waals surface area contributed by atoms with Gasteiger partial charge in [0.1, 0.15) is 11.9 Å². The Bertz CT molecular complexity index is 844. The summed E-state index contributed by atoms with van der Waals surface area (Å²) in [5, 5.41) is 3.15. The molecular weight excluding hydrogens is 324 g/mol. The Labute approximate surface area is 154 Å². The summed E-state index contributed by atoms with van der Waals surface area (Å²) < 4.78 is 4.20. The molecule has 0 bridgehead atoms. The molecule has 3 aromatic rings. The normalized spacial score (nSPS) is 12.1. The fraction of sp³-hybridized carbons (Fsp3) is 0.333. The molecule has 26 heavy (non-hydrogen) atoms. The third-order valence-electron chi connectivity index (χ3n) is 4.76. The summed E-state index contributed by atoms with van der Waals surface area (Å²) in [6.07, 6.45) is 4.96. The number of carbonyl (C=O) groups excluding carboxylic acids is 1. The highest BCUT2D eigenvalue weighted by Gasteiger charge is 2.20. The van der Waals surface area contributed by atoms with Gasteiger partial charge in [-0.05, 0) is 38.0 Å². The van der Waals surface area contributed by atoms with Crippen LogP contribution in [0, 0.1) is 13.8 Å². The predicted octanol–water partition coefficient (Wildman–Crippen LogP) is 3.52. The molecule has 2 aromatic heterocycles. The van der Waals surface area contributed by atoms with Crippen molar-refractivity contribution in [1.29, 1.82) is 0 Å². The van der Waals surface area contributed by atoms with Crippen LogP contribution in [0.25, 0.3) is 0 Å². The second-order valence-electron chi connectivity index (χ2n) is 6.68. The number of nitrogens with zero attached hydrogens (tertiary/aromatic N) is 3. The van der Waals surface area contributed by atoms with Crippen LogP contribution in [0.5, 0.6) is 0 Å². The number of rotatable bonds is 7. The quantitative estimate of drug-likeness (QED) is 0.709. The van der Waals surface area contributed by atoms with Crippen LogP contribution >= 0.6 is 0 Å². The number of carbonyl (C=O) groups is 1. The number of hydrogen-bond acceptors (Lipinski definition) is 2. The minimum absolute atomic E-state index is 0.0457. The maximum atomic E-state index is 12.6. The van der Waals surface area contributed by atoms with Crippen molar-refractivity contribution in [2.75, 3.05) is 0 Å². The van der Waals surface area contributed by atoms with E-state index in [-0.39, 0.29) is 11.9 Å². The van der Waals surface area contributed by atoms with E-state index in [9.17, 15) is 4.79 Å². The average molecular weight is 350 g/mol. The number of aromatic nitrogens is 3. The van der Waals surface area contributed by atoms with E-state index in [1.807, 2.05) is 48.1 Å². The molecule has 3 rings (SSSR count). The predicted molar refractivity (Wildman–Crippen MR) is 103 cm³/mol. The van der Waals surface area contributed by atoms with Crippen LogP contribution in [-0.2, 0) is 18.4 Å². The van der Waals surface area contributed by atoms with Crippen molar-refractivity contribution in [3.05, 3.63) is 77.6 Å². The lowest BCUT2D eigenvalue weighted by Crippen LogP contribution is -2.31. The maximum absolute atomic E-state index is 12.6. The molecule has 5 nitrogen and oxygen atoms in total. The number of hydrogen-bond donors (Lipinski definition) is 1. The van der Waals surface area contributed by atoms with Gasteiger partial charge in [0.2, 0.25) is 5.91 Å². The van der Waals surface area contributed by atoms with Gasteiger partial charge in [0.25, 0.3) is 0 Å². The lowest BCUT2D eigenvalue weighted by Gasteiger charge is -2.19. The molecule has 0 aliphatic carbocycles. The molecule has 0 aliphatic heterocycles. The molecule has 1 N–H and O–H groups in total. The monoisotopic (exact) mass is 350 g/mol. The molecule has 2 heterocycles. The number of nitrogens with one attached hydrogen (secondary N) is 1. The topological polar surface area (TPSA) is 51.9 Å². The van der Waals surface area contributed by atoms with Crippen LogP contribution in [0.4, 0.5) is 0 Å². The molecule has 1 unspecified atom stereocenters. The van der Waals surface area contributed by atoms with E-state index in [1.54, 1.807) is 6.20 Å². The molecular formula is C21H26N4O. The summed E-state index contributed by atoms with van der Waals surface area (Å²) >= 11 is 0. The van der Waals surface area contributed by atoms with Crippen LogP contribution in [-0.4, -0.2) is 20.0 Å². The summed E-state index contributed by atoms with van der Waals surface area (Å²) in [4.78, 5) is 17.0. The van der Waals surface area contributed by atoms with Crippen LogP contribution < -0.4 is 5.32 Å².